The van der Waals surface area contributed by atoms with Crippen LogP contribution in [0.2, 0.25) is 0 Å². The van der Waals surface area contributed by atoms with Crippen molar-refractivity contribution in [2.45, 2.75) is 18.9 Å². The number of methoxy groups -OCH3 is 2. The Labute approximate surface area is 148 Å². The molecule has 2 aliphatic heterocycles. The summed E-state index contributed by atoms with van der Waals surface area (Å²) in [5.74, 6) is 3.29. The van der Waals surface area contributed by atoms with E-state index < -0.39 is 0 Å². The smallest absolute Gasteiger partial charge is 0.231 e. The lowest BCUT2D eigenvalue weighted by Crippen LogP contribution is -2.33. The van der Waals surface area contributed by atoms with Gasteiger partial charge >= 0.3 is 0 Å². The summed E-state index contributed by atoms with van der Waals surface area (Å²) in [7, 11) is 5.53. The molecule has 2 heterocycles. The van der Waals surface area contributed by atoms with E-state index in [0.29, 0.717) is 6.79 Å². The van der Waals surface area contributed by atoms with Crippen LogP contribution in [0.1, 0.15) is 22.7 Å². The van der Waals surface area contributed by atoms with Gasteiger partial charge in [0.15, 0.2) is 23.0 Å². The van der Waals surface area contributed by atoms with Crippen molar-refractivity contribution in [3.63, 3.8) is 0 Å². The first kappa shape index (κ1) is 16.1. The van der Waals surface area contributed by atoms with Crippen LogP contribution in [0.4, 0.5) is 0 Å². The second kappa shape index (κ2) is 6.48. The van der Waals surface area contributed by atoms with Crippen LogP contribution in [-0.4, -0.2) is 39.5 Å². The summed E-state index contributed by atoms with van der Waals surface area (Å²) in [6.45, 7) is 1.33. The van der Waals surface area contributed by atoms with E-state index in [1.807, 2.05) is 12.1 Å². The molecule has 5 nitrogen and oxygen atoms in total. The minimum atomic E-state index is 0.263. The maximum Gasteiger partial charge on any atom is 0.231 e. The highest BCUT2D eigenvalue weighted by molar-refractivity contribution is 5.52. The Morgan fingerprint density at radius 2 is 1.92 bits per heavy atom. The van der Waals surface area contributed by atoms with Crippen molar-refractivity contribution in [2.24, 2.45) is 0 Å². The molecule has 5 heteroatoms. The van der Waals surface area contributed by atoms with Crippen molar-refractivity contribution < 1.29 is 18.9 Å². The second-order valence-corrected chi connectivity index (χ2v) is 6.51. The number of benzene rings is 2. The number of rotatable bonds is 4. The van der Waals surface area contributed by atoms with Crippen LogP contribution < -0.4 is 18.9 Å². The summed E-state index contributed by atoms with van der Waals surface area (Å²) >= 11 is 0. The molecule has 2 aromatic carbocycles. The van der Waals surface area contributed by atoms with Crippen molar-refractivity contribution in [3.05, 3.63) is 47.0 Å². The van der Waals surface area contributed by atoms with Gasteiger partial charge < -0.3 is 18.9 Å². The Morgan fingerprint density at radius 3 is 2.68 bits per heavy atom. The highest BCUT2D eigenvalue weighted by Crippen LogP contribution is 2.42. The van der Waals surface area contributed by atoms with Crippen molar-refractivity contribution in [2.75, 3.05) is 34.6 Å². The van der Waals surface area contributed by atoms with Crippen molar-refractivity contribution in [3.8, 4) is 23.0 Å². The molecule has 2 aromatic rings. The fourth-order valence-electron chi connectivity index (χ4n) is 3.81. The molecule has 1 unspecified atom stereocenters. The molecule has 0 aromatic heterocycles. The zero-order valence-corrected chi connectivity index (χ0v) is 14.9. The SMILES string of the molecule is COc1cccc(CC2c3cc4c(cc3CCN2C)OCO4)c1OC. The summed E-state index contributed by atoms with van der Waals surface area (Å²) in [5.41, 5.74) is 3.79. The lowest BCUT2D eigenvalue weighted by atomic mass is 9.88. The van der Waals surface area contributed by atoms with Crippen LogP contribution in [0.5, 0.6) is 23.0 Å². The average Bonchev–Trinajstić information content (AvgIpc) is 3.09. The first-order valence-corrected chi connectivity index (χ1v) is 8.53. The number of para-hydroxylation sites is 1. The Hall–Kier alpha value is -2.40. The van der Waals surface area contributed by atoms with Gasteiger partial charge in [0.1, 0.15) is 0 Å². The van der Waals surface area contributed by atoms with Gasteiger partial charge in [-0.15, -0.1) is 0 Å². The zero-order chi connectivity index (χ0) is 17.4. The molecule has 0 saturated carbocycles. The highest BCUT2D eigenvalue weighted by atomic mass is 16.7. The van der Waals surface area contributed by atoms with E-state index in [4.69, 9.17) is 18.9 Å². The third-order valence-corrected chi connectivity index (χ3v) is 5.16. The van der Waals surface area contributed by atoms with Crippen molar-refractivity contribution in [1.82, 2.24) is 4.90 Å². The second-order valence-electron chi connectivity index (χ2n) is 6.51. The quantitative estimate of drug-likeness (QED) is 0.854. The van der Waals surface area contributed by atoms with Crippen LogP contribution in [-0.2, 0) is 12.8 Å². The van der Waals surface area contributed by atoms with E-state index in [9.17, 15) is 0 Å². The minimum Gasteiger partial charge on any atom is -0.493 e. The summed E-state index contributed by atoms with van der Waals surface area (Å²) in [5, 5.41) is 0. The predicted octanol–water partition coefficient (Wildman–Crippen LogP) is 3.20. The summed E-state index contributed by atoms with van der Waals surface area (Å²) in [6.07, 6.45) is 1.87. The van der Waals surface area contributed by atoms with Gasteiger partial charge in [-0.25, -0.2) is 0 Å². The van der Waals surface area contributed by atoms with E-state index in [1.165, 1.54) is 11.1 Å². The molecule has 0 amide bonds. The average molecular weight is 341 g/mol. The molecule has 2 aliphatic rings. The third-order valence-electron chi connectivity index (χ3n) is 5.16. The molecule has 1 atom stereocenters. The highest BCUT2D eigenvalue weighted by Gasteiger charge is 2.29. The summed E-state index contributed by atoms with van der Waals surface area (Å²) < 4.78 is 22.2. The largest absolute Gasteiger partial charge is 0.493 e. The van der Waals surface area contributed by atoms with Crippen molar-refractivity contribution in [1.29, 1.82) is 0 Å². The fourth-order valence-corrected chi connectivity index (χ4v) is 3.81. The van der Waals surface area contributed by atoms with Crippen LogP contribution >= 0.6 is 0 Å². The van der Waals surface area contributed by atoms with Crippen LogP contribution in [0, 0.1) is 0 Å². The predicted molar refractivity (Wildman–Crippen MR) is 94.9 cm³/mol. The molecule has 4 rings (SSSR count). The van der Waals surface area contributed by atoms with Crippen LogP contribution in [0.3, 0.4) is 0 Å². The van der Waals surface area contributed by atoms with E-state index in [-0.39, 0.29) is 6.04 Å². The van der Waals surface area contributed by atoms with Gasteiger partial charge in [-0.3, -0.25) is 4.90 Å². The van der Waals surface area contributed by atoms with E-state index in [0.717, 1.165) is 47.9 Å². The Bertz CT molecular complexity index is 790. The lowest BCUT2D eigenvalue weighted by Gasteiger charge is -2.35. The maximum atomic E-state index is 5.62. The first-order valence-electron chi connectivity index (χ1n) is 8.53. The Morgan fingerprint density at radius 1 is 1.12 bits per heavy atom. The first-order chi connectivity index (χ1) is 12.2. The number of hydrogen-bond donors (Lipinski definition) is 0. The molecule has 0 fully saturated rings. The van der Waals surface area contributed by atoms with Gasteiger partial charge in [0.05, 0.1) is 14.2 Å². The van der Waals surface area contributed by atoms with E-state index in [1.54, 1.807) is 14.2 Å². The minimum absolute atomic E-state index is 0.263. The van der Waals surface area contributed by atoms with E-state index >= 15 is 0 Å². The van der Waals surface area contributed by atoms with Gasteiger partial charge in [-0.1, -0.05) is 12.1 Å². The van der Waals surface area contributed by atoms with Gasteiger partial charge in [-0.05, 0) is 54.8 Å². The molecular weight excluding hydrogens is 318 g/mol. The van der Waals surface area contributed by atoms with Gasteiger partial charge in [0, 0.05) is 12.6 Å². The van der Waals surface area contributed by atoms with Gasteiger partial charge in [0.2, 0.25) is 6.79 Å². The molecule has 0 N–H and O–H groups in total. The van der Waals surface area contributed by atoms with Crippen molar-refractivity contribution >= 4 is 0 Å². The number of nitrogens with zero attached hydrogens (tertiary/aromatic N) is 1. The molecule has 0 spiro atoms. The molecule has 0 saturated heterocycles. The number of fused-ring (bicyclic) bond motifs is 2. The third kappa shape index (κ3) is 2.78. The molecular formula is C20H23NO4. The van der Waals surface area contributed by atoms with Crippen LogP contribution in [0.25, 0.3) is 0 Å². The number of ether oxygens (including phenoxy) is 4. The zero-order valence-electron chi connectivity index (χ0n) is 14.9. The van der Waals surface area contributed by atoms with E-state index in [2.05, 4.69) is 30.1 Å². The molecule has 25 heavy (non-hydrogen) atoms. The Kier molecular flexibility index (Phi) is 4.17. The lowest BCUT2D eigenvalue weighted by molar-refractivity contribution is 0.174. The number of hydrogen-bond acceptors (Lipinski definition) is 5. The normalized spacial score (nSPS) is 18.8. The van der Waals surface area contributed by atoms with Crippen LogP contribution in [0.15, 0.2) is 30.3 Å². The topological polar surface area (TPSA) is 40.2 Å². The monoisotopic (exact) mass is 341 g/mol. The number of likely N-dealkylation sites (N-methyl/N-ethyl adjacent to an activating group) is 1. The maximum absolute atomic E-state index is 5.62. The van der Waals surface area contributed by atoms with Gasteiger partial charge in [-0.2, -0.15) is 0 Å². The summed E-state index contributed by atoms with van der Waals surface area (Å²) in [4.78, 5) is 2.39. The van der Waals surface area contributed by atoms with Gasteiger partial charge in [0.25, 0.3) is 0 Å². The molecule has 0 radical (unpaired) electrons. The fraction of sp³-hybridized carbons (Fsp3) is 0.400. The Balaban J connectivity index is 1.72. The molecule has 0 aliphatic carbocycles. The molecule has 132 valence electrons. The summed E-state index contributed by atoms with van der Waals surface area (Å²) in [6, 6.07) is 10.6. The standard InChI is InChI=1S/C20H23NO4/c1-21-8-7-13-10-18-19(25-12-24-18)11-15(13)16(21)9-14-5-4-6-17(22-2)20(14)23-3/h4-6,10-11,16H,7-9,12H2,1-3H3. The molecule has 0 bridgehead atoms.